The number of carboxylic acids is 1. The number of carboxylic acid groups (broad SMARTS) is 1. The molecule has 0 amide bonds. The normalized spacial score (nSPS) is 47.3. The molecule has 0 spiro atoms. The average Bonchev–Trinajstić information content (AvgIpc) is 2.44. The van der Waals surface area contributed by atoms with Crippen molar-refractivity contribution in [3.63, 3.8) is 0 Å². The van der Waals surface area contributed by atoms with E-state index in [0.29, 0.717) is 0 Å². The van der Waals surface area contributed by atoms with Gasteiger partial charge in [0.15, 0.2) is 0 Å². The van der Waals surface area contributed by atoms with E-state index in [2.05, 4.69) is 0 Å². The monoisotopic (exact) mass is 226 g/mol. The van der Waals surface area contributed by atoms with Crippen LogP contribution in [0.15, 0.2) is 0 Å². The van der Waals surface area contributed by atoms with Crippen LogP contribution < -0.4 is 0 Å². The molecule has 1 saturated carbocycles. The number of aliphatic carboxylic acids is 1. The highest BCUT2D eigenvalue weighted by Gasteiger charge is 2.54. The molecule has 0 aromatic carbocycles. The third-order valence-corrected chi connectivity index (χ3v) is 4.40. The fourth-order valence-electron chi connectivity index (χ4n) is 3.34. The molecule has 6 unspecified atom stereocenters. The lowest BCUT2D eigenvalue weighted by atomic mass is 9.62. The molecule has 0 aromatic rings. The summed E-state index contributed by atoms with van der Waals surface area (Å²) in [6, 6.07) is 0. The molecular weight excluding hydrogens is 208 g/mol. The Kier molecular flexibility index (Phi) is 2.68. The molecule has 1 N–H and O–H groups in total. The molecule has 90 valence electrons. The predicted octanol–water partition coefficient (Wildman–Crippen LogP) is 1.54. The van der Waals surface area contributed by atoms with Crippen LogP contribution in [0.1, 0.15) is 27.2 Å². The van der Waals surface area contributed by atoms with E-state index in [1.54, 1.807) is 6.92 Å². The van der Waals surface area contributed by atoms with Crippen LogP contribution in [0, 0.1) is 29.6 Å². The molecule has 2 aliphatic rings. The van der Waals surface area contributed by atoms with Crippen LogP contribution in [0.2, 0.25) is 0 Å². The molecule has 0 aromatic heterocycles. The predicted molar refractivity (Wildman–Crippen MR) is 56.6 cm³/mol. The van der Waals surface area contributed by atoms with Gasteiger partial charge in [-0.2, -0.15) is 0 Å². The minimum absolute atomic E-state index is 0.107. The summed E-state index contributed by atoms with van der Waals surface area (Å²) >= 11 is 0. The van der Waals surface area contributed by atoms with Crippen molar-refractivity contribution in [1.29, 1.82) is 0 Å². The highest BCUT2D eigenvalue weighted by molar-refractivity contribution is 5.79. The molecule has 1 aliphatic heterocycles. The Morgan fingerprint density at radius 2 is 2.00 bits per heavy atom. The molecule has 16 heavy (non-hydrogen) atoms. The molecule has 1 heterocycles. The van der Waals surface area contributed by atoms with E-state index in [1.165, 1.54) is 0 Å². The summed E-state index contributed by atoms with van der Waals surface area (Å²) in [6.07, 6.45) is 0.507. The van der Waals surface area contributed by atoms with Crippen LogP contribution >= 0.6 is 0 Å². The van der Waals surface area contributed by atoms with Gasteiger partial charge in [-0.3, -0.25) is 9.59 Å². The number of esters is 1. The van der Waals surface area contributed by atoms with Crippen molar-refractivity contribution < 1.29 is 19.4 Å². The first kappa shape index (κ1) is 11.4. The maximum atomic E-state index is 11.6. The average molecular weight is 226 g/mol. The van der Waals surface area contributed by atoms with Gasteiger partial charge < -0.3 is 9.84 Å². The van der Waals surface area contributed by atoms with Crippen molar-refractivity contribution in [1.82, 2.24) is 0 Å². The van der Waals surface area contributed by atoms with Crippen molar-refractivity contribution in [3.05, 3.63) is 0 Å². The lowest BCUT2D eigenvalue weighted by Gasteiger charge is -2.39. The van der Waals surface area contributed by atoms with Crippen molar-refractivity contribution in [3.8, 4) is 0 Å². The second-order valence-corrected chi connectivity index (χ2v) is 5.26. The lowest BCUT2D eigenvalue weighted by Crippen LogP contribution is -2.44. The molecule has 0 radical (unpaired) electrons. The zero-order valence-corrected chi connectivity index (χ0v) is 9.84. The van der Waals surface area contributed by atoms with Crippen molar-refractivity contribution in [2.45, 2.75) is 33.3 Å². The van der Waals surface area contributed by atoms with E-state index in [4.69, 9.17) is 4.74 Å². The van der Waals surface area contributed by atoms with E-state index >= 15 is 0 Å². The standard InChI is InChI=1S/C12H18O4/c1-5-4-8-10(7(3)16-12(8)15)9(6(5)2)11(13)14/h5-10H,4H2,1-3H3,(H,13,14). The number of hydrogen-bond acceptors (Lipinski definition) is 3. The van der Waals surface area contributed by atoms with Crippen LogP contribution in [0.5, 0.6) is 0 Å². The first-order valence-corrected chi connectivity index (χ1v) is 5.86. The summed E-state index contributed by atoms with van der Waals surface area (Å²) < 4.78 is 5.18. The third-order valence-electron chi connectivity index (χ3n) is 4.40. The van der Waals surface area contributed by atoms with E-state index in [-0.39, 0.29) is 35.7 Å². The molecular formula is C12H18O4. The van der Waals surface area contributed by atoms with Gasteiger partial charge in [-0.1, -0.05) is 13.8 Å². The van der Waals surface area contributed by atoms with Gasteiger partial charge in [0.1, 0.15) is 6.10 Å². The number of carbonyl (C=O) groups is 2. The van der Waals surface area contributed by atoms with Gasteiger partial charge in [0, 0.05) is 5.92 Å². The van der Waals surface area contributed by atoms with Gasteiger partial charge in [0.2, 0.25) is 0 Å². The Balaban J connectivity index is 2.33. The van der Waals surface area contributed by atoms with Crippen molar-refractivity contribution in [2.24, 2.45) is 29.6 Å². The summed E-state index contributed by atoms with van der Waals surface area (Å²) in [5.41, 5.74) is 0. The molecule has 4 heteroatoms. The van der Waals surface area contributed by atoms with Crippen molar-refractivity contribution in [2.75, 3.05) is 0 Å². The maximum absolute atomic E-state index is 11.6. The maximum Gasteiger partial charge on any atom is 0.309 e. The quantitative estimate of drug-likeness (QED) is 0.689. The van der Waals surface area contributed by atoms with Gasteiger partial charge in [-0.25, -0.2) is 0 Å². The van der Waals surface area contributed by atoms with Crippen LogP contribution in [-0.4, -0.2) is 23.1 Å². The fraction of sp³-hybridized carbons (Fsp3) is 0.833. The summed E-state index contributed by atoms with van der Waals surface area (Å²) in [4.78, 5) is 23.0. The fourth-order valence-corrected chi connectivity index (χ4v) is 3.34. The molecule has 1 aliphatic carbocycles. The number of ether oxygens (including phenoxy) is 1. The van der Waals surface area contributed by atoms with E-state index in [1.807, 2.05) is 13.8 Å². The smallest absolute Gasteiger partial charge is 0.309 e. The van der Waals surface area contributed by atoms with E-state index < -0.39 is 11.9 Å². The van der Waals surface area contributed by atoms with Crippen LogP contribution in [0.25, 0.3) is 0 Å². The summed E-state index contributed by atoms with van der Waals surface area (Å²) in [5, 5.41) is 9.31. The molecule has 2 rings (SSSR count). The molecule has 4 nitrogen and oxygen atoms in total. The highest BCUT2D eigenvalue weighted by atomic mass is 16.6. The third kappa shape index (κ3) is 1.51. The van der Waals surface area contributed by atoms with Crippen molar-refractivity contribution >= 4 is 11.9 Å². The number of hydrogen-bond donors (Lipinski definition) is 1. The Hall–Kier alpha value is -1.06. The first-order valence-electron chi connectivity index (χ1n) is 5.86. The van der Waals surface area contributed by atoms with Crippen LogP contribution in [0.4, 0.5) is 0 Å². The number of carbonyl (C=O) groups excluding carboxylic acids is 1. The Morgan fingerprint density at radius 1 is 1.38 bits per heavy atom. The Bertz CT molecular complexity index is 325. The molecule has 6 atom stereocenters. The summed E-state index contributed by atoms with van der Waals surface area (Å²) in [6.45, 7) is 5.80. The minimum Gasteiger partial charge on any atom is -0.481 e. The van der Waals surface area contributed by atoms with Gasteiger partial charge in [0.25, 0.3) is 0 Å². The lowest BCUT2D eigenvalue weighted by molar-refractivity contribution is -0.150. The van der Waals surface area contributed by atoms with Gasteiger partial charge in [-0.05, 0) is 25.2 Å². The second kappa shape index (κ2) is 3.75. The SMILES string of the molecule is CC1CC2C(=O)OC(C)C2C(C(=O)O)C1C. The molecule has 0 bridgehead atoms. The van der Waals surface area contributed by atoms with Gasteiger partial charge in [-0.15, -0.1) is 0 Å². The topological polar surface area (TPSA) is 63.6 Å². The summed E-state index contributed by atoms with van der Waals surface area (Å²) in [5.74, 6) is -1.42. The zero-order valence-electron chi connectivity index (χ0n) is 9.84. The van der Waals surface area contributed by atoms with Gasteiger partial charge in [0.05, 0.1) is 11.8 Å². The van der Waals surface area contributed by atoms with Crippen LogP contribution in [0.3, 0.4) is 0 Å². The second-order valence-electron chi connectivity index (χ2n) is 5.26. The Morgan fingerprint density at radius 3 is 2.56 bits per heavy atom. The van der Waals surface area contributed by atoms with Gasteiger partial charge >= 0.3 is 11.9 Å². The first-order chi connectivity index (χ1) is 7.43. The molecule has 2 fully saturated rings. The number of cyclic esters (lactones) is 1. The van der Waals surface area contributed by atoms with E-state index in [0.717, 1.165) is 6.42 Å². The summed E-state index contributed by atoms with van der Waals surface area (Å²) in [7, 11) is 0. The largest absolute Gasteiger partial charge is 0.481 e. The number of fused-ring (bicyclic) bond motifs is 1. The highest BCUT2D eigenvalue weighted by Crippen LogP contribution is 2.48. The van der Waals surface area contributed by atoms with Crippen LogP contribution in [-0.2, 0) is 14.3 Å². The Labute approximate surface area is 95.0 Å². The van der Waals surface area contributed by atoms with E-state index in [9.17, 15) is 14.7 Å². The zero-order chi connectivity index (χ0) is 12.0. The number of rotatable bonds is 1. The minimum atomic E-state index is -0.792. The molecule has 1 saturated heterocycles.